The lowest BCUT2D eigenvalue weighted by Gasteiger charge is -2.41. The Hall–Kier alpha value is -2.83. The SMILES string of the molecule is NC(=O)C[C@@H](N)C(=O)N1CC(Oc2ccc3c(c2C(=O)O)O[B-](O)(O)CC3)C1. The predicted molar refractivity (Wildman–Crippen MR) is 95.5 cm³/mol. The minimum atomic E-state index is -3.13. The second-order valence-electron chi connectivity index (χ2n) is 7.01. The number of hydrogen-bond donors (Lipinski definition) is 5. The summed E-state index contributed by atoms with van der Waals surface area (Å²) in [6, 6.07) is 2.05. The molecule has 0 aliphatic carbocycles. The molecule has 0 saturated carbocycles. The van der Waals surface area contributed by atoms with Crippen LogP contribution in [0.4, 0.5) is 0 Å². The number of carbonyl (C=O) groups is 3. The molecule has 3 rings (SSSR count). The fourth-order valence-electron chi connectivity index (χ4n) is 3.24. The van der Waals surface area contributed by atoms with Crippen LogP contribution in [0, 0.1) is 0 Å². The van der Waals surface area contributed by atoms with Crippen LogP contribution in [0.1, 0.15) is 22.3 Å². The van der Waals surface area contributed by atoms with Gasteiger partial charge in [-0.25, -0.2) is 4.79 Å². The van der Waals surface area contributed by atoms with Crippen molar-refractivity contribution in [3.05, 3.63) is 23.3 Å². The van der Waals surface area contributed by atoms with Gasteiger partial charge in [0.2, 0.25) is 11.8 Å². The first-order chi connectivity index (χ1) is 13.1. The highest BCUT2D eigenvalue weighted by Gasteiger charge is 2.37. The van der Waals surface area contributed by atoms with Crippen molar-refractivity contribution in [3.63, 3.8) is 0 Å². The van der Waals surface area contributed by atoms with Gasteiger partial charge in [-0.2, -0.15) is 0 Å². The number of hydrogen-bond acceptors (Lipinski definition) is 8. The number of ether oxygens (including phenoxy) is 1. The lowest BCUT2D eigenvalue weighted by atomic mass is 9.70. The topological polar surface area (TPSA) is 186 Å². The molecule has 12 heteroatoms. The van der Waals surface area contributed by atoms with Crippen molar-refractivity contribution in [3.8, 4) is 11.5 Å². The Morgan fingerprint density at radius 1 is 1.32 bits per heavy atom. The molecule has 0 bridgehead atoms. The summed E-state index contributed by atoms with van der Waals surface area (Å²) in [6.07, 6.45) is -0.523. The van der Waals surface area contributed by atoms with Crippen LogP contribution >= 0.6 is 0 Å². The van der Waals surface area contributed by atoms with Crippen LogP contribution in [-0.4, -0.2) is 69.8 Å². The largest absolute Gasteiger partial charge is 0.669 e. The van der Waals surface area contributed by atoms with Gasteiger partial charge < -0.3 is 40.9 Å². The van der Waals surface area contributed by atoms with Crippen molar-refractivity contribution in [2.24, 2.45) is 11.5 Å². The maximum atomic E-state index is 12.1. The fraction of sp³-hybridized carbons (Fsp3) is 0.438. The molecule has 1 fully saturated rings. The Morgan fingerprint density at radius 2 is 2.00 bits per heavy atom. The van der Waals surface area contributed by atoms with Gasteiger partial charge in [0.15, 0.2) is 0 Å². The second kappa shape index (κ2) is 7.30. The summed E-state index contributed by atoms with van der Waals surface area (Å²) < 4.78 is 10.8. The number of fused-ring (bicyclic) bond motifs is 1. The quantitative estimate of drug-likeness (QED) is 0.341. The first-order valence-electron chi connectivity index (χ1n) is 8.75. The summed E-state index contributed by atoms with van der Waals surface area (Å²) in [7, 11) is 0. The van der Waals surface area contributed by atoms with Crippen LogP contribution in [0.25, 0.3) is 0 Å². The van der Waals surface area contributed by atoms with E-state index < -0.39 is 36.7 Å². The molecule has 11 nitrogen and oxygen atoms in total. The minimum Gasteiger partial charge on any atom is -0.669 e. The van der Waals surface area contributed by atoms with Gasteiger partial charge >= 0.3 is 12.7 Å². The van der Waals surface area contributed by atoms with Gasteiger partial charge in [-0.3, -0.25) is 9.59 Å². The molecule has 0 spiro atoms. The van der Waals surface area contributed by atoms with Gasteiger partial charge in [-0.1, -0.05) is 12.4 Å². The second-order valence-corrected chi connectivity index (χ2v) is 7.01. The lowest BCUT2D eigenvalue weighted by molar-refractivity contribution is -0.142. The smallest absolute Gasteiger partial charge is 0.430 e. The number of aromatic carboxylic acids is 1. The zero-order valence-corrected chi connectivity index (χ0v) is 14.9. The molecule has 0 unspecified atom stereocenters. The average Bonchev–Trinajstić information content (AvgIpc) is 2.54. The van der Waals surface area contributed by atoms with E-state index in [1.807, 2.05) is 0 Å². The monoisotopic (exact) mass is 394 g/mol. The maximum Gasteiger partial charge on any atom is 0.430 e. The van der Waals surface area contributed by atoms with Gasteiger partial charge in [0.25, 0.3) is 0 Å². The Labute approximate surface area is 159 Å². The summed E-state index contributed by atoms with van der Waals surface area (Å²) in [6.45, 7) is -2.80. The Morgan fingerprint density at radius 3 is 2.61 bits per heavy atom. The molecule has 2 aliphatic heterocycles. The zero-order valence-electron chi connectivity index (χ0n) is 14.9. The van der Waals surface area contributed by atoms with E-state index in [0.717, 1.165) is 0 Å². The summed E-state index contributed by atoms with van der Waals surface area (Å²) in [5, 5.41) is 29.0. The summed E-state index contributed by atoms with van der Waals surface area (Å²) in [5.41, 5.74) is 10.9. The molecule has 0 radical (unpaired) electrons. The number of nitrogens with two attached hydrogens (primary N) is 2. The molecule has 2 amide bonds. The molecule has 1 aromatic rings. The van der Waals surface area contributed by atoms with Gasteiger partial charge in [0, 0.05) is 0 Å². The summed E-state index contributed by atoms with van der Waals surface area (Å²) >= 11 is 0. The van der Waals surface area contributed by atoms with E-state index in [2.05, 4.69) is 0 Å². The molecular formula is C16H21BN3O8-. The fourth-order valence-corrected chi connectivity index (χ4v) is 3.24. The number of amides is 2. The third-order valence-corrected chi connectivity index (χ3v) is 4.70. The minimum absolute atomic E-state index is 0.00159. The lowest BCUT2D eigenvalue weighted by Crippen LogP contribution is -2.60. The van der Waals surface area contributed by atoms with Crippen molar-refractivity contribution in [1.82, 2.24) is 4.90 Å². The molecular weight excluding hydrogens is 373 g/mol. The van der Waals surface area contributed by atoms with E-state index in [1.165, 1.54) is 11.0 Å². The third kappa shape index (κ3) is 4.03. The summed E-state index contributed by atoms with van der Waals surface area (Å²) in [4.78, 5) is 36.0. The van der Waals surface area contributed by atoms with E-state index in [-0.39, 0.29) is 49.3 Å². The number of aryl methyl sites for hydroxylation is 1. The predicted octanol–water partition coefficient (Wildman–Crippen LogP) is -1.96. The number of primary amides is 1. The Bertz CT molecular complexity index is 824. The highest BCUT2D eigenvalue weighted by atomic mass is 16.6. The number of nitrogens with zero attached hydrogens (tertiary/aromatic N) is 1. The van der Waals surface area contributed by atoms with Crippen LogP contribution in [0.2, 0.25) is 6.32 Å². The maximum absolute atomic E-state index is 12.1. The van der Waals surface area contributed by atoms with Gasteiger partial charge in [-0.05, 0) is 18.1 Å². The van der Waals surface area contributed by atoms with Crippen LogP contribution in [-0.2, 0) is 16.0 Å². The molecule has 7 N–H and O–H groups in total. The normalized spacial score (nSPS) is 19.0. The van der Waals surface area contributed by atoms with E-state index in [4.69, 9.17) is 20.9 Å². The molecule has 0 aromatic heterocycles. The third-order valence-electron chi connectivity index (χ3n) is 4.70. The first kappa shape index (κ1) is 19.9. The van der Waals surface area contributed by atoms with Gasteiger partial charge in [0.05, 0.1) is 31.3 Å². The molecule has 1 aromatic carbocycles. The number of carbonyl (C=O) groups excluding carboxylic acids is 2. The van der Waals surface area contributed by atoms with E-state index >= 15 is 0 Å². The van der Waals surface area contributed by atoms with Crippen LogP contribution < -0.4 is 20.9 Å². The van der Waals surface area contributed by atoms with Crippen LogP contribution in [0.3, 0.4) is 0 Å². The van der Waals surface area contributed by atoms with Crippen molar-refractivity contribution >= 4 is 24.5 Å². The highest BCUT2D eigenvalue weighted by Crippen LogP contribution is 2.38. The molecule has 2 aliphatic rings. The van der Waals surface area contributed by atoms with Gasteiger partial charge in [-0.15, -0.1) is 0 Å². The van der Waals surface area contributed by atoms with Crippen molar-refractivity contribution in [1.29, 1.82) is 0 Å². The van der Waals surface area contributed by atoms with Crippen molar-refractivity contribution < 1.29 is 38.9 Å². The zero-order chi connectivity index (χ0) is 20.6. The van der Waals surface area contributed by atoms with Crippen LogP contribution in [0.5, 0.6) is 11.5 Å². The van der Waals surface area contributed by atoms with Gasteiger partial charge in [0.1, 0.15) is 17.4 Å². The molecule has 1 saturated heterocycles. The number of carboxylic acids is 1. The first-order valence-corrected chi connectivity index (χ1v) is 8.75. The molecule has 1 atom stereocenters. The molecule has 28 heavy (non-hydrogen) atoms. The molecule has 2 heterocycles. The average molecular weight is 394 g/mol. The standard InChI is InChI=1S/C16H21BN3O8/c18-10(5-12(19)21)15(22)20-6-9(7-20)27-11-2-1-8-3-4-17(25,26)28-14(8)13(11)16(23)24/h1-2,9-10,25-26H,3-7,18H2,(H2,19,21)(H,23,24)/q-1/t10-/m1/s1. The number of benzene rings is 1. The number of rotatable bonds is 6. The Balaban J connectivity index is 1.70. The highest BCUT2D eigenvalue weighted by molar-refractivity contribution is 6.59. The number of likely N-dealkylation sites (tertiary alicyclic amines) is 1. The number of carboxylic acid groups (broad SMARTS) is 1. The Kier molecular flexibility index (Phi) is 5.19. The van der Waals surface area contributed by atoms with E-state index in [1.54, 1.807) is 6.07 Å². The molecule has 152 valence electrons. The van der Waals surface area contributed by atoms with E-state index in [9.17, 15) is 29.5 Å². The van der Waals surface area contributed by atoms with Crippen molar-refractivity contribution in [2.75, 3.05) is 13.1 Å². The van der Waals surface area contributed by atoms with Crippen molar-refractivity contribution in [2.45, 2.75) is 31.3 Å². The summed E-state index contributed by atoms with van der Waals surface area (Å²) in [5.74, 6) is -2.59. The van der Waals surface area contributed by atoms with E-state index in [0.29, 0.717) is 5.56 Å². The van der Waals surface area contributed by atoms with Crippen LogP contribution in [0.15, 0.2) is 12.1 Å².